The molecule has 1 saturated heterocycles. The molecule has 3 aromatic carbocycles. The zero-order valence-corrected chi connectivity index (χ0v) is 29.5. The molecular weight excluding hydrogens is 665 g/mol. The SMILES string of the molecule is Cc1ncsc1-c1ccc([C@H](C)NC(=O)[C@@H]2C[C@@H](O)CN2C(=O)C(c2cc(-c3ccc4nnc(-c5ccccc5O)cc4c3)no2)C(C)C)cc1. The molecule has 6 aromatic rings. The number of benzene rings is 3. The van der Waals surface area contributed by atoms with Crippen LogP contribution in [0, 0.1) is 12.8 Å². The van der Waals surface area contributed by atoms with Crippen molar-refractivity contribution in [2.45, 2.75) is 58.2 Å². The Morgan fingerprint density at radius 3 is 2.45 bits per heavy atom. The molecule has 0 radical (unpaired) electrons. The van der Waals surface area contributed by atoms with Crippen molar-refractivity contribution in [3.8, 4) is 38.7 Å². The van der Waals surface area contributed by atoms with Gasteiger partial charge in [0, 0.05) is 35.5 Å². The van der Waals surface area contributed by atoms with Gasteiger partial charge in [0.15, 0.2) is 0 Å². The van der Waals surface area contributed by atoms with E-state index in [-0.39, 0.29) is 42.5 Å². The highest BCUT2D eigenvalue weighted by Crippen LogP contribution is 2.35. The van der Waals surface area contributed by atoms with Gasteiger partial charge in [0.05, 0.1) is 39.4 Å². The fourth-order valence-corrected chi connectivity index (χ4v) is 7.52. The number of fused-ring (bicyclic) bond motifs is 1. The van der Waals surface area contributed by atoms with Gasteiger partial charge in [-0.25, -0.2) is 4.98 Å². The summed E-state index contributed by atoms with van der Waals surface area (Å²) in [4.78, 5) is 34.8. The largest absolute Gasteiger partial charge is 0.507 e. The van der Waals surface area contributed by atoms with Crippen molar-refractivity contribution in [1.82, 2.24) is 30.6 Å². The number of rotatable bonds is 9. The van der Waals surface area contributed by atoms with Crippen molar-refractivity contribution >= 4 is 34.1 Å². The maximum atomic E-state index is 14.2. The normalized spacial score (nSPS) is 17.2. The van der Waals surface area contributed by atoms with Crippen LogP contribution in [0.3, 0.4) is 0 Å². The number of aromatic nitrogens is 4. The molecule has 2 amide bonds. The van der Waals surface area contributed by atoms with E-state index in [0.29, 0.717) is 28.2 Å². The summed E-state index contributed by atoms with van der Waals surface area (Å²) >= 11 is 1.59. The fraction of sp³-hybridized carbons (Fsp3) is 0.282. The van der Waals surface area contributed by atoms with E-state index in [1.54, 1.807) is 35.6 Å². The van der Waals surface area contributed by atoms with E-state index >= 15 is 0 Å². The Morgan fingerprint density at radius 1 is 0.961 bits per heavy atom. The van der Waals surface area contributed by atoms with Crippen LogP contribution in [0.4, 0.5) is 0 Å². The Kier molecular flexibility index (Phi) is 9.37. The first-order chi connectivity index (χ1) is 24.6. The van der Waals surface area contributed by atoms with Crippen molar-refractivity contribution in [2.24, 2.45) is 5.92 Å². The Labute approximate surface area is 299 Å². The Balaban J connectivity index is 1.08. The van der Waals surface area contributed by atoms with Gasteiger partial charge in [-0.15, -0.1) is 21.5 Å². The van der Waals surface area contributed by atoms with Crippen LogP contribution in [0.5, 0.6) is 5.75 Å². The summed E-state index contributed by atoms with van der Waals surface area (Å²) < 4.78 is 5.81. The minimum Gasteiger partial charge on any atom is -0.507 e. The van der Waals surface area contributed by atoms with Gasteiger partial charge in [0.1, 0.15) is 29.2 Å². The number of nitrogens with one attached hydrogen (secondary N) is 1. The average molecular weight is 703 g/mol. The fourth-order valence-electron chi connectivity index (χ4n) is 6.71. The number of aliphatic hydroxyl groups is 1. The van der Waals surface area contributed by atoms with E-state index < -0.39 is 18.1 Å². The van der Waals surface area contributed by atoms with Gasteiger partial charge in [0.25, 0.3) is 0 Å². The second kappa shape index (κ2) is 14.0. The predicted octanol–water partition coefficient (Wildman–Crippen LogP) is 6.67. The lowest BCUT2D eigenvalue weighted by Crippen LogP contribution is -2.48. The smallest absolute Gasteiger partial charge is 0.243 e. The summed E-state index contributed by atoms with van der Waals surface area (Å²) in [6.07, 6.45) is -0.688. The highest BCUT2D eigenvalue weighted by Gasteiger charge is 2.43. The molecule has 1 aliphatic heterocycles. The van der Waals surface area contributed by atoms with Crippen molar-refractivity contribution in [1.29, 1.82) is 0 Å². The monoisotopic (exact) mass is 702 g/mol. The Hall–Kier alpha value is -5.46. The molecule has 11 nitrogen and oxygen atoms in total. The highest BCUT2D eigenvalue weighted by atomic mass is 32.1. The van der Waals surface area contributed by atoms with Crippen molar-refractivity contribution < 1.29 is 24.3 Å². The summed E-state index contributed by atoms with van der Waals surface area (Å²) in [6, 6.07) is 23.0. The van der Waals surface area contributed by atoms with Gasteiger partial charge in [-0.05, 0) is 61.2 Å². The Bertz CT molecular complexity index is 2210. The summed E-state index contributed by atoms with van der Waals surface area (Å²) in [6.45, 7) is 7.76. The minimum atomic E-state index is -0.836. The van der Waals surface area contributed by atoms with Crippen molar-refractivity contribution in [3.63, 3.8) is 0 Å². The molecular formula is C39H38N6O5S. The van der Waals surface area contributed by atoms with Gasteiger partial charge in [-0.1, -0.05) is 61.5 Å². The van der Waals surface area contributed by atoms with Crippen LogP contribution < -0.4 is 5.32 Å². The second-order valence-electron chi connectivity index (χ2n) is 13.4. The molecule has 0 spiro atoms. The summed E-state index contributed by atoms with van der Waals surface area (Å²) in [5, 5.41) is 37.8. The van der Waals surface area contributed by atoms with Gasteiger partial charge >= 0.3 is 0 Å². The molecule has 0 saturated carbocycles. The van der Waals surface area contributed by atoms with Crippen LogP contribution in [0.15, 0.2) is 88.9 Å². The van der Waals surface area contributed by atoms with E-state index in [9.17, 15) is 19.8 Å². The number of aromatic hydroxyl groups is 1. The third kappa shape index (κ3) is 6.84. The number of hydrogen-bond acceptors (Lipinski definition) is 10. The number of aryl methyl sites for hydroxylation is 1. The first kappa shape index (κ1) is 34.0. The van der Waals surface area contributed by atoms with Crippen molar-refractivity contribution in [3.05, 3.63) is 101 Å². The van der Waals surface area contributed by atoms with Crippen LogP contribution in [0.1, 0.15) is 56.2 Å². The quantitative estimate of drug-likeness (QED) is 0.150. The number of para-hydroxylation sites is 1. The number of aliphatic hydroxyl groups excluding tert-OH is 1. The number of phenolic OH excluding ortho intramolecular Hbond substituents is 1. The minimum absolute atomic E-state index is 0.0451. The summed E-state index contributed by atoms with van der Waals surface area (Å²) in [5.74, 6) is -1.06. The number of amides is 2. The van der Waals surface area contributed by atoms with Crippen LogP contribution >= 0.6 is 11.3 Å². The molecule has 12 heteroatoms. The van der Waals surface area contributed by atoms with E-state index in [1.807, 2.05) is 87.8 Å². The van der Waals surface area contributed by atoms with Gasteiger partial charge in [-0.3, -0.25) is 9.59 Å². The summed E-state index contributed by atoms with van der Waals surface area (Å²) in [7, 11) is 0. The zero-order chi connectivity index (χ0) is 35.8. The molecule has 51 heavy (non-hydrogen) atoms. The predicted molar refractivity (Wildman–Crippen MR) is 195 cm³/mol. The number of carbonyl (C=O) groups is 2. The lowest BCUT2D eigenvalue weighted by atomic mass is 9.91. The molecule has 0 aliphatic carbocycles. The molecule has 3 aromatic heterocycles. The van der Waals surface area contributed by atoms with Crippen LogP contribution in [0.25, 0.3) is 43.9 Å². The number of phenols is 1. The molecule has 0 bridgehead atoms. The number of β-amino-alcohol motifs (C(OH)–C–C–N with tert-alkyl or cyclic N) is 1. The third-order valence-corrected chi connectivity index (χ3v) is 10.4. The third-order valence-electron chi connectivity index (χ3n) is 9.47. The average Bonchev–Trinajstić information content (AvgIpc) is 3.88. The molecule has 4 atom stereocenters. The maximum absolute atomic E-state index is 14.2. The number of nitrogens with zero attached hydrogens (tertiary/aromatic N) is 5. The Morgan fingerprint density at radius 2 is 1.73 bits per heavy atom. The first-order valence-corrected chi connectivity index (χ1v) is 17.8. The van der Waals surface area contributed by atoms with Crippen LogP contribution in [-0.4, -0.2) is 66.0 Å². The molecule has 4 heterocycles. The van der Waals surface area contributed by atoms with Gasteiger partial charge in [0.2, 0.25) is 11.8 Å². The molecule has 7 rings (SSSR count). The first-order valence-electron chi connectivity index (χ1n) is 16.9. The maximum Gasteiger partial charge on any atom is 0.243 e. The standard InChI is InChI=1S/C39H38N6O5S/c1-21(2)36(35-18-31(44-50-35)26-13-14-30-27(15-26)16-32(43-42-30)29-7-5-6-8-34(29)47)39(49)45-19-28(46)17-33(45)38(48)41-22(3)24-9-11-25(12-10-24)37-23(4)40-20-51-37/h5-16,18,20-22,28,33,36,46-47H,17,19H2,1-4H3,(H,41,48)/t22-,28+,33-,36?/m0/s1. The number of likely N-dealkylation sites (tertiary alicyclic amines) is 1. The van der Waals surface area contributed by atoms with Gasteiger partial charge in [-0.2, -0.15) is 0 Å². The second-order valence-corrected chi connectivity index (χ2v) is 14.2. The van der Waals surface area contributed by atoms with Crippen LogP contribution in [-0.2, 0) is 9.59 Å². The van der Waals surface area contributed by atoms with Gasteiger partial charge < -0.3 is 25.0 Å². The van der Waals surface area contributed by atoms with E-state index in [4.69, 9.17) is 4.52 Å². The van der Waals surface area contributed by atoms with E-state index in [0.717, 1.165) is 32.6 Å². The number of thiazole rings is 1. The van der Waals surface area contributed by atoms with E-state index in [2.05, 4.69) is 25.7 Å². The molecule has 260 valence electrons. The number of carbonyl (C=O) groups excluding carboxylic acids is 2. The summed E-state index contributed by atoms with van der Waals surface area (Å²) in [5.41, 5.74) is 7.86. The molecule has 3 N–H and O–H groups in total. The highest BCUT2D eigenvalue weighted by molar-refractivity contribution is 7.13. The topological polar surface area (TPSA) is 155 Å². The zero-order valence-electron chi connectivity index (χ0n) is 28.6. The molecule has 1 unspecified atom stereocenters. The number of hydrogen-bond donors (Lipinski definition) is 3. The van der Waals surface area contributed by atoms with Crippen molar-refractivity contribution in [2.75, 3.05) is 6.54 Å². The lowest BCUT2D eigenvalue weighted by Gasteiger charge is -2.29. The van der Waals surface area contributed by atoms with Crippen LogP contribution in [0.2, 0.25) is 0 Å². The molecule has 1 fully saturated rings. The lowest BCUT2D eigenvalue weighted by molar-refractivity contribution is -0.141. The van der Waals surface area contributed by atoms with E-state index in [1.165, 1.54) is 4.90 Å². The molecule has 1 aliphatic rings.